The fraction of sp³-hybridized carbons (Fsp3) is 0.444. The van der Waals surface area contributed by atoms with Gasteiger partial charge in [-0.3, -0.25) is 9.59 Å². The van der Waals surface area contributed by atoms with Crippen LogP contribution in [0.1, 0.15) is 42.7 Å². The van der Waals surface area contributed by atoms with Crippen LogP contribution in [0.2, 0.25) is 0 Å². The minimum absolute atomic E-state index is 0.0344. The molecule has 7 nitrogen and oxygen atoms in total. The van der Waals surface area contributed by atoms with Gasteiger partial charge in [-0.25, -0.2) is 4.79 Å². The molecular weight excluding hydrogens is 464 g/mol. The summed E-state index contributed by atoms with van der Waals surface area (Å²) in [5.74, 6) is -0.593. The van der Waals surface area contributed by atoms with E-state index in [9.17, 15) is 19.5 Å². The van der Waals surface area contributed by atoms with Crippen LogP contribution in [0.3, 0.4) is 0 Å². The van der Waals surface area contributed by atoms with Gasteiger partial charge in [-0.2, -0.15) is 11.8 Å². The second-order valence-corrected chi connectivity index (χ2v) is 10.3. The SMILES string of the molecule is CSCCN(CC(=O)O)C(=O)C1(CNC(=O)OCC2c3ccccc3-c3ccccc32)CCCC1. The first-order valence-corrected chi connectivity index (χ1v) is 13.4. The molecule has 2 aromatic carbocycles. The van der Waals surface area contributed by atoms with Crippen molar-refractivity contribution in [3.05, 3.63) is 59.7 Å². The van der Waals surface area contributed by atoms with Crippen LogP contribution in [0.4, 0.5) is 4.79 Å². The van der Waals surface area contributed by atoms with Crippen molar-refractivity contribution in [3.63, 3.8) is 0 Å². The average Bonchev–Trinajstić information content (AvgIpc) is 3.47. The standard InChI is InChI=1S/C27H32N2O5S/c1-35-15-14-29(16-24(30)31)25(32)27(12-6-7-13-27)18-28-26(33)34-17-23-21-10-4-2-8-19(21)20-9-3-5-11-22(20)23/h2-5,8-11,23H,6-7,12-18H2,1H3,(H,28,33)(H,30,31). The molecular formula is C27H32N2O5S. The first kappa shape index (κ1) is 25.1. The van der Waals surface area contributed by atoms with Gasteiger partial charge in [-0.1, -0.05) is 61.4 Å². The summed E-state index contributed by atoms with van der Waals surface area (Å²) in [5.41, 5.74) is 3.83. The van der Waals surface area contributed by atoms with Crippen molar-refractivity contribution in [1.29, 1.82) is 0 Å². The highest BCUT2D eigenvalue weighted by Gasteiger charge is 2.44. The van der Waals surface area contributed by atoms with Crippen LogP contribution < -0.4 is 5.32 Å². The molecule has 2 aromatic rings. The Morgan fingerprint density at radius 1 is 1.06 bits per heavy atom. The van der Waals surface area contributed by atoms with Crippen LogP contribution in [0, 0.1) is 5.41 Å². The molecule has 0 bridgehead atoms. The summed E-state index contributed by atoms with van der Waals surface area (Å²) in [6.07, 6.45) is 4.38. The molecule has 0 radical (unpaired) electrons. The number of rotatable bonds is 10. The molecule has 0 saturated heterocycles. The van der Waals surface area contributed by atoms with Gasteiger partial charge >= 0.3 is 12.1 Å². The second-order valence-electron chi connectivity index (χ2n) is 9.28. The number of fused-ring (bicyclic) bond motifs is 3. The lowest BCUT2D eigenvalue weighted by atomic mass is 9.84. The molecule has 0 aromatic heterocycles. The fourth-order valence-electron chi connectivity index (χ4n) is 5.36. The Morgan fingerprint density at radius 2 is 1.66 bits per heavy atom. The number of thioether (sulfide) groups is 1. The summed E-state index contributed by atoms with van der Waals surface area (Å²) in [6, 6.07) is 16.3. The van der Waals surface area contributed by atoms with Gasteiger partial charge in [0.25, 0.3) is 0 Å². The zero-order valence-electron chi connectivity index (χ0n) is 20.0. The summed E-state index contributed by atoms with van der Waals surface area (Å²) in [7, 11) is 0. The highest BCUT2D eigenvalue weighted by atomic mass is 32.2. The molecule has 4 rings (SSSR count). The number of aliphatic carboxylic acids is 1. The highest BCUT2D eigenvalue weighted by Crippen LogP contribution is 2.44. The van der Waals surface area contributed by atoms with Crippen LogP contribution >= 0.6 is 11.8 Å². The van der Waals surface area contributed by atoms with Crippen molar-refractivity contribution in [2.75, 3.05) is 38.2 Å². The summed E-state index contributed by atoms with van der Waals surface area (Å²) >= 11 is 1.57. The quantitative estimate of drug-likeness (QED) is 0.507. The summed E-state index contributed by atoms with van der Waals surface area (Å²) in [6.45, 7) is 0.405. The van der Waals surface area contributed by atoms with E-state index in [0.717, 1.165) is 35.1 Å². The van der Waals surface area contributed by atoms with Crippen molar-refractivity contribution in [2.45, 2.75) is 31.6 Å². The number of alkyl carbamates (subject to hydrolysis) is 1. The molecule has 0 heterocycles. The van der Waals surface area contributed by atoms with Gasteiger partial charge < -0.3 is 20.1 Å². The van der Waals surface area contributed by atoms with E-state index < -0.39 is 17.5 Å². The van der Waals surface area contributed by atoms with Crippen LogP contribution in [0.5, 0.6) is 0 Å². The number of nitrogens with zero attached hydrogens (tertiary/aromatic N) is 1. The topological polar surface area (TPSA) is 95.9 Å². The van der Waals surface area contributed by atoms with Crippen LogP contribution in [0.25, 0.3) is 11.1 Å². The lowest BCUT2D eigenvalue weighted by Gasteiger charge is -2.33. The molecule has 1 fully saturated rings. The van der Waals surface area contributed by atoms with Gasteiger partial charge in [0.15, 0.2) is 0 Å². The number of nitrogens with one attached hydrogen (secondary N) is 1. The molecule has 2 N–H and O–H groups in total. The molecule has 0 unspecified atom stereocenters. The van der Waals surface area contributed by atoms with Crippen LogP contribution in [-0.4, -0.2) is 66.2 Å². The molecule has 186 valence electrons. The predicted molar refractivity (Wildman–Crippen MR) is 137 cm³/mol. The van der Waals surface area contributed by atoms with E-state index in [1.165, 1.54) is 4.90 Å². The zero-order chi connectivity index (χ0) is 24.8. The third-order valence-corrected chi connectivity index (χ3v) is 7.70. The summed E-state index contributed by atoms with van der Waals surface area (Å²) < 4.78 is 5.64. The molecule has 2 aliphatic carbocycles. The number of ether oxygens (including phenoxy) is 1. The number of hydrogen-bond acceptors (Lipinski definition) is 5. The van der Waals surface area contributed by atoms with Gasteiger partial charge in [0.1, 0.15) is 13.2 Å². The monoisotopic (exact) mass is 496 g/mol. The van der Waals surface area contributed by atoms with Crippen LogP contribution in [0.15, 0.2) is 48.5 Å². The highest BCUT2D eigenvalue weighted by molar-refractivity contribution is 7.98. The fourth-order valence-corrected chi connectivity index (χ4v) is 5.76. The number of carbonyl (C=O) groups excluding carboxylic acids is 2. The molecule has 1 saturated carbocycles. The minimum atomic E-state index is -1.03. The van der Waals surface area contributed by atoms with Gasteiger partial charge in [-0.05, 0) is 41.4 Å². The van der Waals surface area contributed by atoms with E-state index in [-0.39, 0.29) is 31.5 Å². The van der Waals surface area contributed by atoms with E-state index in [0.29, 0.717) is 25.1 Å². The molecule has 35 heavy (non-hydrogen) atoms. The van der Waals surface area contributed by atoms with Gasteiger partial charge in [-0.15, -0.1) is 0 Å². The summed E-state index contributed by atoms with van der Waals surface area (Å²) in [5, 5.41) is 12.1. The molecule has 2 aliphatic rings. The van der Waals surface area contributed by atoms with Gasteiger partial charge in [0.2, 0.25) is 5.91 Å². The maximum absolute atomic E-state index is 13.4. The Morgan fingerprint density at radius 3 is 2.23 bits per heavy atom. The molecule has 0 spiro atoms. The van der Waals surface area contributed by atoms with E-state index in [4.69, 9.17) is 4.74 Å². The van der Waals surface area contributed by atoms with E-state index in [2.05, 4.69) is 29.6 Å². The van der Waals surface area contributed by atoms with E-state index >= 15 is 0 Å². The Balaban J connectivity index is 1.40. The third-order valence-electron chi connectivity index (χ3n) is 7.11. The van der Waals surface area contributed by atoms with Crippen molar-refractivity contribution >= 4 is 29.7 Å². The second kappa shape index (κ2) is 11.2. The largest absolute Gasteiger partial charge is 0.480 e. The van der Waals surface area contributed by atoms with E-state index in [1.54, 1.807) is 11.8 Å². The maximum Gasteiger partial charge on any atom is 0.407 e. The molecule has 0 aliphatic heterocycles. The Labute approximate surface area is 210 Å². The van der Waals surface area contributed by atoms with Gasteiger partial charge in [0.05, 0.1) is 5.41 Å². The smallest absolute Gasteiger partial charge is 0.407 e. The number of benzene rings is 2. The predicted octanol–water partition coefficient (Wildman–Crippen LogP) is 4.36. The molecule has 8 heteroatoms. The normalized spacial score (nSPS) is 15.8. The lowest BCUT2D eigenvalue weighted by molar-refractivity contribution is -0.149. The zero-order valence-corrected chi connectivity index (χ0v) is 20.8. The summed E-state index contributed by atoms with van der Waals surface area (Å²) in [4.78, 5) is 38.9. The number of carbonyl (C=O) groups is 3. The lowest BCUT2D eigenvalue weighted by Crippen LogP contribution is -2.50. The van der Waals surface area contributed by atoms with E-state index in [1.807, 2.05) is 30.5 Å². The molecule has 2 amide bonds. The Hall–Kier alpha value is -3.00. The van der Waals surface area contributed by atoms with Crippen molar-refractivity contribution in [2.24, 2.45) is 5.41 Å². The van der Waals surface area contributed by atoms with Crippen LogP contribution in [-0.2, 0) is 14.3 Å². The van der Waals surface area contributed by atoms with Crippen molar-refractivity contribution in [1.82, 2.24) is 10.2 Å². The van der Waals surface area contributed by atoms with Crippen molar-refractivity contribution < 1.29 is 24.2 Å². The minimum Gasteiger partial charge on any atom is -0.480 e. The third kappa shape index (κ3) is 5.48. The maximum atomic E-state index is 13.4. The van der Waals surface area contributed by atoms with Crippen molar-refractivity contribution in [3.8, 4) is 11.1 Å². The Kier molecular flexibility index (Phi) is 8.00. The average molecular weight is 497 g/mol. The number of carboxylic acids is 1. The van der Waals surface area contributed by atoms with Gasteiger partial charge in [0, 0.05) is 24.8 Å². The first-order valence-electron chi connectivity index (χ1n) is 12.0. The number of carboxylic acid groups (broad SMARTS) is 1. The first-order chi connectivity index (χ1) is 16.9. The Bertz CT molecular complexity index is 1040. The molecule has 0 atom stereocenters. The number of amides is 2. The number of hydrogen-bond donors (Lipinski definition) is 2.